The molecule has 0 saturated heterocycles. The molecule has 0 radical (unpaired) electrons. The van der Waals surface area contributed by atoms with Crippen LogP contribution in [-0.2, 0) is 11.3 Å². The van der Waals surface area contributed by atoms with Crippen molar-refractivity contribution in [2.24, 2.45) is 0 Å². The van der Waals surface area contributed by atoms with Gasteiger partial charge in [-0.25, -0.2) is 4.79 Å². The highest BCUT2D eigenvalue weighted by Gasteiger charge is 2.16. The summed E-state index contributed by atoms with van der Waals surface area (Å²) in [4.78, 5) is 24.2. The average molecular weight is 356 g/mol. The van der Waals surface area contributed by atoms with Gasteiger partial charge in [-0.1, -0.05) is 18.2 Å². The second-order valence-electron chi connectivity index (χ2n) is 6.74. The van der Waals surface area contributed by atoms with E-state index >= 15 is 0 Å². The molecule has 0 unspecified atom stereocenters. The third kappa shape index (κ3) is 6.12. The van der Waals surface area contributed by atoms with Crippen LogP contribution in [0.5, 0.6) is 5.75 Å². The molecule has 26 heavy (non-hydrogen) atoms. The summed E-state index contributed by atoms with van der Waals surface area (Å²) in [7, 11) is 1.60. The minimum Gasteiger partial charge on any atom is -0.497 e. The van der Waals surface area contributed by atoms with Crippen molar-refractivity contribution in [1.82, 2.24) is 5.32 Å². The summed E-state index contributed by atoms with van der Waals surface area (Å²) >= 11 is 0. The smallest absolute Gasteiger partial charge is 0.412 e. The van der Waals surface area contributed by atoms with Gasteiger partial charge in [0.05, 0.1) is 7.11 Å². The van der Waals surface area contributed by atoms with Gasteiger partial charge in [0.15, 0.2) is 0 Å². The zero-order valence-corrected chi connectivity index (χ0v) is 15.5. The highest BCUT2D eigenvalue weighted by atomic mass is 16.6. The minimum absolute atomic E-state index is 0.236. The number of carbonyl (C=O) groups is 2. The third-order valence-electron chi connectivity index (χ3n) is 3.36. The number of carbonyl (C=O) groups excluding carboxylic acids is 2. The van der Waals surface area contributed by atoms with Gasteiger partial charge in [0.25, 0.3) is 5.91 Å². The standard InChI is InChI=1S/C20H24N2O4/c1-20(2,3)26-19(24)22-16-9-6-8-15(12-16)18(23)21-13-14-7-5-10-17(11-14)25-4/h5-12H,13H2,1-4H3,(H,21,23)(H,22,24). The van der Waals surface area contributed by atoms with E-state index in [-0.39, 0.29) is 5.91 Å². The number of nitrogens with one attached hydrogen (secondary N) is 2. The summed E-state index contributed by atoms with van der Waals surface area (Å²) in [5.74, 6) is 0.501. The average Bonchev–Trinajstić information content (AvgIpc) is 2.58. The molecule has 2 amide bonds. The van der Waals surface area contributed by atoms with Crippen molar-refractivity contribution < 1.29 is 19.1 Å². The first-order chi connectivity index (χ1) is 12.3. The number of hydrogen-bond donors (Lipinski definition) is 2. The lowest BCUT2D eigenvalue weighted by atomic mass is 10.1. The molecule has 6 nitrogen and oxygen atoms in total. The first kappa shape index (κ1) is 19.3. The van der Waals surface area contributed by atoms with Crippen molar-refractivity contribution in [3.05, 3.63) is 59.7 Å². The lowest BCUT2D eigenvalue weighted by Crippen LogP contribution is -2.27. The van der Waals surface area contributed by atoms with Crippen LogP contribution in [0.3, 0.4) is 0 Å². The summed E-state index contributed by atoms with van der Waals surface area (Å²) in [6.45, 7) is 5.73. The Morgan fingerprint density at radius 1 is 1.04 bits per heavy atom. The highest BCUT2D eigenvalue weighted by Crippen LogP contribution is 2.15. The van der Waals surface area contributed by atoms with Crippen molar-refractivity contribution in [3.63, 3.8) is 0 Å². The molecule has 2 rings (SSSR count). The van der Waals surface area contributed by atoms with Crippen LogP contribution in [0.1, 0.15) is 36.7 Å². The van der Waals surface area contributed by atoms with Crippen molar-refractivity contribution in [2.75, 3.05) is 12.4 Å². The molecule has 0 aliphatic carbocycles. The molecule has 0 atom stereocenters. The zero-order chi connectivity index (χ0) is 19.2. The Bertz CT molecular complexity index is 781. The summed E-state index contributed by atoms with van der Waals surface area (Å²) in [5.41, 5.74) is 1.28. The van der Waals surface area contributed by atoms with Crippen LogP contribution in [0.25, 0.3) is 0 Å². The summed E-state index contributed by atoms with van der Waals surface area (Å²) in [6.07, 6.45) is -0.563. The van der Waals surface area contributed by atoms with Crippen molar-refractivity contribution >= 4 is 17.7 Å². The highest BCUT2D eigenvalue weighted by molar-refractivity contribution is 5.96. The van der Waals surface area contributed by atoms with Gasteiger partial charge in [-0.05, 0) is 56.7 Å². The van der Waals surface area contributed by atoms with Gasteiger partial charge in [0.1, 0.15) is 11.4 Å². The maximum absolute atomic E-state index is 12.4. The van der Waals surface area contributed by atoms with Gasteiger partial charge in [-0.2, -0.15) is 0 Å². The van der Waals surface area contributed by atoms with E-state index in [2.05, 4.69) is 10.6 Å². The van der Waals surface area contributed by atoms with E-state index < -0.39 is 11.7 Å². The number of ether oxygens (including phenoxy) is 2. The predicted molar refractivity (Wildman–Crippen MR) is 100 cm³/mol. The minimum atomic E-state index is -0.587. The van der Waals surface area contributed by atoms with E-state index in [9.17, 15) is 9.59 Å². The Balaban J connectivity index is 1.97. The van der Waals surface area contributed by atoms with Gasteiger partial charge in [0, 0.05) is 17.8 Å². The SMILES string of the molecule is COc1cccc(CNC(=O)c2cccc(NC(=O)OC(C)(C)C)c2)c1. The molecular weight excluding hydrogens is 332 g/mol. The van der Waals surface area contributed by atoms with Crippen molar-refractivity contribution in [3.8, 4) is 5.75 Å². The third-order valence-corrected chi connectivity index (χ3v) is 3.36. The Kier molecular flexibility index (Phi) is 6.22. The first-order valence-electron chi connectivity index (χ1n) is 8.28. The Morgan fingerprint density at radius 3 is 2.46 bits per heavy atom. The van der Waals surface area contributed by atoms with Crippen LogP contribution in [-0.4, -0.2) is 24.7 Å². The topological polar surface area (TPSA) is 76.7 Å². The predicted octanol–water partition coefficient (Wildman–Crippen LogP) is 3.97. The second-order valence-corrected chi connectivity index (χ2v) is 6.74. The molecule has 138 valence electrons. The molecular formula is C20H24N2O4. The van der Waals surface area contributed by atoms with Crippen LogP contribution in [0.4, 0.5) is 10.5 Å². The van der Waals surface area contributed by atoms with Gasteiger partial charge < -0.3 is 14.8 Å². The fourth-order valence-electron chi connectivity index (χ4n) is 2.23. The molecule has 2 N–H and O–H groups in total. The Labute approximate surface area is 153 Å². The van der Waals surface area contributed by atoms with E-state index in [0.29, 0.717) is 17.8 Å². The molecule has 6 heteroatoms. The van der Waals surface area contributed by atoms with E-state index in [1.165, 1.54) is 0 Å². The summed E-state index contributed by atoms with van der Waals surface area (Å²) in [5, 5.41) is 5.47. The maximum atomic E-state index is 12.4. The van der Waals surface area contributed by atoms with Crippen LogP contribution >= 0.6 is 0 Å². The quantitative estimate of drug-likeness (QED) is 0.850. The van der Waals surface area contributed by atoms with Gasteiger partial charge in [-0.3, -0.25) is 10.1 Å². The van der Waals surface area contributed by atoms with E-state index in [1.54, 1.807) is 52.1 Å². The summed E-state index contributed by atoms with van der Waals surface area (Å²) < 4.78 is 10.4. The molecule has 0 aliphatic rings. The Morgan fingerprint density at radius 2 is 1.77 bits per heavy atom. The van der Waals surface area contributed by atoms with Gasteiger partial charge >= 0.3 is 6.09 Å². The van der Waals surface area contributed by atoms with Crippen LogP contribution in [0.2, 0.25) is 0 Å². The van der Waals surface area contributed by atoms with E-state index in [1.807, 2.05) is 24.3 Å². The van der Waals surface area contributed by atoms with Gasteiger partial charge in [0.2, 0.25) is 0 Å². The second kappa shape index (κ2) is 8.38. The molecule has 0 bridgehead atoms. The number of benzene rings is 2. The van der Waals surface area contributed by atoms with Gasteiger partial charge in [-0.15, -0.1) is 0 Å². The lowest BCUT2D eigenvalue weighted by molar-refractivity contribution is 0.0635. The number of rotatable bonds is 5. The fraction of sp³-hybridized carbons (Fsp3) is 0.300. The maximum Gasteiger partial charge on any atom is 0.412 e. The van der Waals surface area contributed by atoms with Crippen LogP contribution in [0.15, 0.2) is 48.5 Å². The van der Waals surface area contributed by atoms with Crippen molar-refractivity contribution in [1.29, 1.82) is 0 Å². The monoisotopic (exact) mass is 356 g/mol. The molecule has 0 aromatic heterocycles. The number of methoxy groups -OCH3 is 1. The summed E-state index contributed by atoms with van der Waals surface area (Å²) in [6, 6.07) is 14.2. The first-order valence-corrected chi connectivity index (χ1v) is 8.28. The number of amides is 2. The fourth-order valence-corrected chi connectivity index (χ4v) is 2.23. The molecule has 0 aliphatic heterocycles. The number of hydrogen-bond acceptors (Lipinski definition) is 4. The molecule has 0 saturated carbocycles. The zero-order valence-electron chi connectivity index (χ0n) is 15.5. The molecule has 0 fully saturated rings. The van der Waals surface area contributed by atoms with Crippen molar-refractivity contribution in [2.45, 2.75) is 32.9 Å². The largest absolute Gasteiger partial charge is 0.497 e. The lowest BCUT2D eigenvalue weighted by Gasteiger charge is -2.19. The number of anilines is 1. The molecule has 0 heterocycles. The van der Waals surface area contributed by atoms with E-state index in [0.717, 1.165) is 11.3 Å². The van der Waals surface area contributed by atoms with Crippen LogP contribution in [0, 0.1) is 0 Å². The normalized spacial score (nSPS) is 10.8. The Hall–Kier alpha value is -3.02. The van der Waals surface area contributed by atoms with E-state index in [4.69, 9.17) is 9.47 Å². The molecule has 0 spiro atoms. The van der Waals surface area contributed by atoms with Crippen LogP contribution < -0.4 is 15.4 Å². The molecule has 2 aromatic carbocycles. The molecule has 2 aromatic rings.